The van der Waals surface area contributed by atoms with Crippen molar-refractivity contribution in [1.82, 2.24) is 19.8 Å². The third kappa shape index (κ3) is 4.43. The van der Waals surface area contributed by atoms with Gasteiger partial charge in [0.2, 0.25) is 0 Å². The van der Waals surface area contributed by atoms with Gasteiger partial charge in [-0.25, -0.2) is 0 Å². The fourth-order valence-electron chi connectivity index (χ4n) is 4.59. The van der Waals surface area contributed by atoms with Crippen molar-refractivity contribution in [1.29, 1.82) is 0 Å². The number of aromatic hydroxyl groups is 1. The number of phenols is 1. The molecule has 7 nitrogen and oxygen atoms in total. The average molecular weight is 465 g/mol. The van der Waals surface area contributed by atoms with Crippen molar-refractivity contribution in [3.05, 3.63) is 77.4 Å². The van der Waals surface area contributed by atoms with Gasteiger partial charge in [-0.15, -0.1) is 0 Å². The number of nitrogens with one attached hydrogen (secondary N) is 1. The molecule has 0 bridgehead atoms. The SMILES string of the molecule is COC(=O)CCCN1C(=S)N[C@H](c2ccccn2)[C@H]1c1cc(C)n(-c2ccccc2O)c1C. The minimum absolute atomic E-state index is 0.115. The van der Waals surface area contributed by atoms with Crippen molar-refractivity contribution in [2.24, 2.45) is 0 Å². The normalized spacial score (nSPS) is 17.8. The number of phenolic OH excluding ortho intramolecular Hbond substituents is 1. The van der Waals surface area contributed by atoms with Crippen molar-refractivity contribution in [2.75, 3.05) is 13.7 Å². The van der Waals surface area contributed by atoms with Crippen LogP contribution < -0.4 is 5.32 Å². The molecule has 8 heteroatoms. The van der Waals surface area contributed by atoms with Gasteiger partial charge in [0.25, 0.3) is 0 Å². The molecule has 172 valence electrons. The number of aryl methyl sites for hydroxylation is 1. The Morgan fingerprint density at radius 3 is 2.67 bits per heavy atom. The number of pyridine rings is 1. The Balaban J connectivity index is 1.76. The molecule has 1 saturated heterocycles. The highest BCUT2D eigenvalue weighted by Gasteiger charge is 2.41. The quantitative estimate of drug-likeness (QED) is 0.402. The molecule has 33 heavy (non-hydrogen) atoms. The predicted molar refractivity (Wildman–Crippen MR) is 130 cm³/mol. The zero-order chi connectivity index (χ0) is 23.5. The summed E-state index contributed by atoms with van der Waals surface area (Å²) >= 11 is 5.72. The number of hydrogen-bond donors (Lipinski definition) is 2. The van der Waals surface area contributed by atoms with Crippen molar-refractivity contribution in [2.45, 2.75) is 38.8 Å². The topological polar surface area (TPSA) is 79.6 Å². The standard InChI is InChI=1S/C25H28N4O3S/c1-16-15-18(17(2)29(16)20-10-4-5-11-21(20)30)24-23(19-9-6-7-13-26-19)27-25(33)28(24)14-8-12-22(31)32-3/h4-7,9-11,13,15,23-24,30H,8,12,14H2,1-3H3,(H,27,33)/t23-,24-/m1/s1. The second-order valence-corrected chi connectivity index (χ2v) is 8.54. The van der Waals surface area contributed by atoms with Crippen LogP contribution in [0.4, 0.5) is 0 Å². The van der Waals surface area contributed by atoms with Gasteiger partial charge in [-0.2, -0.15) is 0 Å². The fourth-order valence-corrected chi connectivity index (χ4v) is 4.92. The number of para-hydroxylation sites is 2. The Morgan fingerprint density at radius 1 is 1.21 bits per heavy atom. The first-order valence-corrected chi connectivity index (χ1v) is 11.3. The van der Waals surface area contributed by atoms with Gasteiger partial charge in [0.05, 0.1) is 30.6 Å². The summed E-state index contributed by atoms with van der Waals surface area (Å²) in [4.78, 5) is 18.4. The van der Waals surface area contributed by atoms with E-state index >= 15 is 0 Å². The van der Waals surface area contributed by atoms with Crippen LogP contribution in [0.15, 0.2) is 54.7 Å². The summed E-state index contributed by atoms with van der Waals surface area (Å²) in [5.41, 5.74) is 4.75. The van der Waals surface area contributed by atoms with Crippen LogP contribution in [-0.2, 0) is 9.53 Å². The molecule has 2 atom stereocenters. The lowest BCUT2D eigenvalue weighted by atomic mass is 9.96. The van der Waals surface area contributed by atoms with Gasteiger partial charge >= 0.3 is 5.97 Å². The summed E-state index contributed by atoms with van der Waals surface area (Å²) in [6.07, 6.45) is 2.73. The minimum Gasteiger partial charge on any atom is -0.506 e. The van der Waals surface area contributed by atoms with Gasteiger partial charge < -0.3 is 24.6 Å². The molecular weight excluding hydrogens is 436 g/mol. The lowest BCUT2D eigenvalue weighted by molar-refractivity contribution is -0.140. The van der Waals surface area contributed by atoms with Crippen molar-refractivity contribution in [3.63, 3.8) is 0 Å². The van der Waals surface area contributed by atoms with Crippen LogP contribution >= 0.6 is 12.2 Å². The number of ether oxygens (including phenoxy) is 1. The number of esters is 1. The van der Waals surface area contributed by atoms with Gasteiger partial charge in [0, 0.05) is 30.6 Å². The number of nitrogens with zero attached hydrogens (tertiary/aromatic N) is 3. The Kier molecular flexibility index (Phi) is 6.65. The highest BCUT2D eigenvalue weighted by Crippen LogP contribution is 2.42. The van der Waals surface area contributed by atoms with E-state index in [1.54, 1.807) is 12.3 Å². The zero-order valence-corrected chi connectivity index (χ0v) is 19.8. The summed E-state index contributed by atoms with van der Waals surface area (Å²) in [5.74, 6) is -0.00856. The molecule has 2 aromatic heterocycles. The molecule has 2 N–H and O–H groups in total. The summed E-state index contributed by atoms with van der Waals surface area (Å²) < 4.78 is 6.86. The van der Waals surface area contributed by atoms with E-state index in [9.17, 15) is 9.90 Å². The second-order valence-electron chi connectivity index (χ2n) is 8.15. The lowest BCUT2D eigenvalue weighted by Gasteiger charge is -2.28. The van der Waals surface area contributed by atoms with E-state index in [1.807, 2.05) is 43.3 Å². The number of thiocarbonyl (C=S) groups is 1. The summed E-state index contributed by atoms with van der Waals surface area (Å²) in [7, 11) is 1.40. The largest absolute Gasteiger partial charge is 0.506 e. The monoisotopic (exact) mass is 464 g/mol. The Hall–Kier alpha value is -3.39. The molecule has 0 aliphatic carbocycles. The summed E-state index contributed by atoms with van der Waals surface area (Å²) in [6.45, 7) is 4.69. The van der Waals surface area contributed by atoms with Gasteiger partial charge in [-0.05, 0) is 68.4 Å². The predicted octanol–water partition coefficient (Wildman–Crippen LogP) is 4.12. The molecule has 0 radical (unpaired) electrons. The van der Waals surface area contributed by atoms with E-state index in [-0.39, 0.29) is 23.8 Å². The maximum Gasteiger partial charge on any atom is 0.305 e. The first-order valence-electron chi connectivity index (χ1n) is 10.9. The fraction of sp³-hybridized carbons (Fsp3) is 0.320. The number of carbonyl (C=O) groups is 1. The molecule has 4 rings (SSSR count). The van der Waals surface area contributed by atoms with Crippen molar-refractivity contribution >= 4 is 23.3 Å². The van der Waals surface area contributed by atoms with Crippen LogP contribution in [0.5, 0.6) is 5.75 Å². The third-order valence-corrected chi connectivity index (χ3v) is 6.47. The molecule has 0 saturated carbocycles. The molecule has 3 heterocycles. The van der Waals surface area contributed by atoms with E-state index in [2.05, 4.69) is 32.8 Å². The molecule has 1 aliphatic heterocycles. The van der Waals surface area contributed by atoms with E-state index < -0.39 is 0 Å². The number of hydrogen-bond acceptors (Lipinski definition) is 5. The van der Waals surface area contributed by atoms with Crippen LogP contribution in [0.2, 0.25) is 0 Å². The highest BCUT2D eigenvalue weighted by molar-refractivity contribution is 7.80. The lowest BCUT2D eigenvalue weighted by Crippen LogP contribution is -2.31. The summed E-state index contributed by atoms with van der Waals surface area (Å²) in [6, 6.07) is 15.1. The summed E-state index contributed by atoms with van der Waals surface area (Å²) in [5, 5.41) is 14.6. The molecule has 1 aliphatic rings. The molecular formula is C25H28N4O3S. The van der Waals surface area contributed by atoms with Crippen LogP contribution in [0.3, 0.4) is 0 Å². The van der Waals surface area contributed by atoms with Crippen molar-refractivity contribution < 1.29 is 14.6 Å². The highest BCUT2D eigenvalue weighted by atomic mass is 32.1. The Bertz CT molecular complexity index is 1160. The maximum atomic E-state index is 11.7. The van der Waals surface area contributed by atoms with E-state index in [4.69, 9.17) is 17.0 Å². The average Bonchev–Trinajstić information content (AvgIpc) is 3.30. The number of benzene rings is 1. The maximum absolute atomic E-state index is 11.7. The van der Waals surface area contributed by atoms with Gasteiger partial charge in [-0.1, -0.05) is 18.2 Å². The zero-order valence-electron chi connectivity index (χ0n) is 19.0. The van der Waals surface area contributed by atoms with E-state index in [1.165, 1.54) is 7.11 Å². The molecule has 0 amide bonds. The smallest absolute Gasteiger partial charge is 0.305 e. The van der Waals surface area contributed by atoms with Crippen LogP contribution in [0.1, 0.15) is 47.6 Å². The number of carbonyl (C=O) groups excluding carboxylic acids is 1. The van der Waals surface area contributed by atoms with Gasteiger partial charge in [0.1, 0.15) is 5.75 Å². The molecule has 1 aromatic carbocycles. The molecule has 0 spiro atoms. The van der Waals surface area contributed by atoms with Crippen LogP contribution in [0.25, 0.3) is 5.69 Å². The first-order chi connectivity index (χ1) is 15.9. The van der Waals surface area contributed by atoms with Gasteiger partial charge in [-0.3, -0.25) is 9.78 Å². The second kappa shape index (κ2) is 9.62. The van der Waals surface area contributed by atoms with E-state index in [0.717, 1.165) is 28.3 Å². The third-order valence-electron chi connectivity index (χ3n) is 6.12. The first kappa shape index (κ1) is 22.8. The number of rotatable bonds is 7. The number of aromatic nitrogens is 2. The Labute approximate surface area is 199 Å². The minimum atomic E-state index is -0.233. The van der Waals surface area contributed by atoms with Crippen LogP contribution in [0, 0.1) is 13.8 Å². The molecule has 0 unspecified atom stereocenters. The van der Waals surface area contributed by atoms with Gasteiger partial charge in [0.15, 0.2) is 5.11 Å². The molecule has 3 aromatic rings. The molecule has 1 fully saturated rings. The Morgan fingerprint density at radius 2 is 1.97 bits per heavy atom. The number of methoxy groups -OCH3 is 1. The van der Waals surface area contributed by atoms with Crippen LogP contribution in [-0.4, -0.2) is 44.3 Å². The van der Waals surface area contributed by atoms with Crippen molar-refractivity contribution in [3.8, 4) is 11.4 Å². The van der Waals surface area contributed by atoms with E-state index in [0.29, 0.717) is 24.5 Å².